The van der Waals surface area contributed by atoms with Gasteiger partial charge in [-0.2, -0.15) is 18.3 Å². The average molecular weight is 388 g/mol. The Morgan fingerprint density at radius 3 is 2.68 bits per heavy atom. The molecule has 3 aromatic rings. The second kappa shape index (κ2) is 7.02. The molecule has 0 aromatic carbocycles. The molecule has 144 valence electrons. The van der Waals surface area contributed by atoms with Gasteiger partial charge in [0.25, 0.3) is 5.56 Å². The molecule has 7 nitrogen and oxygen atoms in total. The number of hydrogen-bond donors (Lipinski definition) is 0. The molecule has 0 saturated carbocycles. The number of anilines is 1. The molecule has 0 radical (unpaired) electrons. The summed E-state index contributed by atoms with van der Waals surface area (Å²) in [5, 5.41) is 4.38. The van der Waals surface area contributed by atoms with Crippen molar-refractivity contribution >= 4 is 5.82 Å². The van der Waals surface area contributed by atoms with Gasteiger partial charge in [-0.25, -0.2) is 14.6 Å². The van der Waals surface area contributed by atoms with Crippen LogP contribution in [0.25, 0.3) is 11.3 Å². The number of rotatable bonds is 4. The van der Waals surface area contributed by atoms with E-state index in [4.69, 9.17) is 0 Å². The zero-order valence-electron chi connectivity index (χ0n) is 14.5. The van der Waals surface area contributed by atoms with E-state index in [0.717, 1.165) is 18.0 Å². The predicted octanol–water partition coefficient (Wildman–Crippen LogP) is 2.25. The highest BCUT2D eigenvalue weighted by atomic mass is 19.4. The van der Waals surface area contributed by atoms with E-state index in [-0.39, 0.29) is 17.3 Å². The molecule has 1 aliphatic rings. The standard InChI is InChI=1S/C18H15F3N6O/c19-18(20,21)15-6-16(24-11-23-15)26-8-12(9-26)10-27-17(28)4-3-14(25-27)13-2-1-5-22-7-13/h1-7,11-12H,8-10H2. The number of pyridine rings is 1. The van der Waals surface area contributed by atoms with E-state index >= 15 is 0 Å². The summed E-state index contributed by atoms with van der Waals surface area (Å²) < 4.78 is 39.7. The van der Waals surface area contributed by atoms with Gasteiger partial charge in [0.15, 0.2) is 0 Å². The maximum Gasteiger partial charge on any atom is 0.433 e. The summed E-state index contributed by atoms with van der Waals surface area (Å²) in [7, 11) is 0. The van der Waals surface area contributed by atoms with Crippen LogP contribution in [0, 0.1) is 5.92 Å². The Labute approximate surface area is 157 Å². The van der Waals surface area contributed by atoms with Gasteiger partial charge in [0.2, 0.25) is 0 Å². The molecular formula is C18H15F3N6O. The maximum absolute atomic E-state index is 12.8. The minimum atomic E-state index is -4.51. The summed E-state index contributed by atoms with van der Waals surface area (Å²) in [6.45, 7) is 1.35. The normalized spacial score (nSPS) is 14.8. The van der Waals surface area contributed by atoms with Crippen molar-refractivity contribution in [3.8, 4) is 11.3 Å². The molecule has 1 fully saturated rings. The third-order valence-electron chi connectivity index (χ3n) is 4.48. The molecule has 0 atom stereocenters. The molecule has 0 bridgehead atoms. The van der Waals surface area contributed by atoms with Crippen LogP contribution in [0.4, 0.5) is 19.0 Å². The second-order valence-electron chi connectivity index (χ2n) is 6.51. The minimum Gasteiger partial charge on any atom is -0.356 e. The Bertz CT molecular complexity index is 1030. The lowest BCUT2D eigenvalue weighted by Crippen LogP contribution is -2.50. The van der Waals surface area contributed by atoms with Crippen LogP contribution >= 0.6 is 0 Å². The third-order valence-corrected chi connectivity index (χ3v) is 4.48. The van der Waals surface area contributed by atoms with E-state index in [2.05, 4.69) is 20.1 Å². The van der Waals surface area contributed by atoms with Crippen LogP contribution in [0.2, 0.25) is 0 Å². The van der Waals surface area contributed by atoms with Gasteiger partial charge in [-0.1, -0.05) is 0 Å². The van der Waals surface area contributed by atoms with Crippen molar-refractivity contribution in [1.82, 2.24) is 24.7 Å². The first-order chi connectivity index (χ1) is 13.4. The summed E-state index contributed by atoms with van der Waals surface area (Å²) in [4.78, 5) is 25.0. The zero-order chi connectivity index (χ0) is 19.7. The molecule has 0 amide bonds. The number of hydrogen-bond acceptors (Lipinski definition) is 6. The summed E-state index contributed by atoms with van der Waals surface area (Å²) >= 11 is 0. The quantitative estimate of drug-likeness (QED) is 0.682. The third kappa shape index (κ3) is 3.71. The number of nitrogens with zero attached hydrogens (tertiary/aromatic N) is 6. The van der Waals surface area contributed by atoms with Gasteiger partial charge < -0.3 is 4.90 Å². The molecule has 10 heteroatoms. The van der Waals surface area contributed by atoms with Crippen molar-refractivity contribution in [2.75, 3.05) is 18.0 Å². The fourth-order valence-electron chi connectivity index (χ4n) is 3.04. The Hall–Kier alpha value is -3.30. The molecule has 4 rings (SSSR count). The fraction of sp³-hybridized carbons (Fsp3) is 0.278. The van der Waals surface area contributed by atoms with Crippen molar-refractivity contribution in [3.05, 3.63) is 65.1 Å². The smallest absolute Gasteiger partial charge is 0.356 e. The first-order valence-corrected chi connectivity index (χ1v) is 8.53. The van der Waals surface area contributed by atoms with Crippen molar-refractivity contribution in [2.45, 2.75) is 12.7 Å². The van der Waals surface area contributed by atoms with E-state index in [1.54, 1.807) is 29.4 Å². The lowest BCUT2D eigenvalue weighted by Gasteiger charge is -2.40. The van der Waals surface area contributed by atoms with E-state index in [0.29, 0.717) is 25.3 Å². The molecule has 1 saturated heterocycles. The molecule has 28 heavy (non-hydrogen) atoms. The van der Waals surface area contributed by atoms with Crippen molar-refractivity contribution < 1.29 is 13.2 Å². The molecule has 4 heterocycles. The number of halogens is 3. The van der Waals surface area contributed by atoms with E-state index in [9.17, 15) is 18.0 Å². The van der Waals surface area contributed by atoms with Crippen molar-refractivity contribution in [3.63, 3.8) is 0 Å². The van der Waals surface area contributed by atoms with Gasteiger partial charge in [0.05, 0.1) is 12.2 Å². The topological polar surface area (TPSA) is 76.8 Å². The maximum atomic E-state index is 12.8. The van der Waals surface area contributed by atoms with Gasteiger partial charge in [-0.15, -0.1) is 0 Å². The average Bonchev–Trinajstić information content (AvgIpc) is 2.66. The second-order valence-corrected chi connectivity index (χ2v) is 6.51. The molecular weight excluding hydrogens is 373 g/mol. The van der Waals surface area contributed by atoms with Gasteiger partial charge in [0.1, 0.15) is 17.8 Å². The van der Waals surface area contributed by atoms with E-state index < -0.39 is 11.9 Å². The first-order valence-electron chi connectivity index (χ1n) is 8.53. The number of alkyl halides is 3. The molecule has 0 unspecified atom stereocenters. The van der Waals surface area contributed by atoms with Crippen LogP contribution < -0.4 is 10.5 Å². The van der Waals surface area contributed by atoms with Crippen molar-refractivity contribution in [2.24, 2.45) is 5.92 Å². The highest BCUT2D eigenvalue weighted by Crippen LogP contribution is 2.31. The summed E-state index contributed by atoms with van der Waals surface area (Å²) in [6.07, 6.45) is -0.282. The lowest BCUT2D eigenvalue weighted by molar-refractivity contribution is -0.141. The van der Waals surface area contributed by atoms with Crippen LogP contribution in [0.15, 0.2) is 53.8 Å². The molecule has 0 aliphatic carbocycles. The summed E-state index contributed by atoms with van der Waals surface area (Å²) in [6, 6.07) is 7.66. The summed E-state index contributed by atoms with van der Waals surface area (Å²) in [5.41, 5.74) is 0.233. The lowest BCUT2D eigenvalue weighted by atomic mass is 10.0. The molecule has 0 N–H and O–H groups in total. The zero-order valence-corrected chi connectivity index (χ0v) is 14.5. The first kappa shape index (κ1) is 18.1. The van der Waals surface area contributed by atoms with Crippen LogP contribution in [0.1, 0.15) is 5.69 Å². The van der Waals surface area contributed by atoms with Gasteiger partial charge >= 0.3 is 6.18 Å². The Balaban J connectivity index is 1.45. The Morgan fingerprint density at radius 2 is 1.96 bits per heavy atom. The van der Waals surface area contributed by atoms with E-state index in [1.807, 2.05) is 6.07 Å². The van der Waals surface area contributed by atoms with Crippen LogP contribution in [-0.2, 0) is 12.7 Å². The Morgan fingerprint density at radius 1 is 1.14 bits per heavy atom. The SMILES string of the molecule is O=c1ccc(-c2cccnc2)nn1CC1CN(c2cc(C(F)(F)F)ncn2)C1. The van der Waals surface area contributed by atoms with Crippen LogP contribution in [0.5, 0.6) is 0 Å². The molecule has 3 aromatic heterocycles. The van der Waals surface area contributed by atoms with Gasteiger partial charge in [-0.3, -0.25) is 9.78 Å². The monoisotopic (exact) mass is 388 g/mol. The summed E-state index contributed by atoms with van der Waals surface area (Å²) in [5.74, 6) is 0.307. The fourth-order valence-corrected chi connectivity index (χ4v) is 3.04. The largest absolute Gasteiger partial charge is 0.433 e. The number of aromatic nitrogens is 5. The molecule has 1 aliphatic heterocycles. The van der Waals surface area contributed by atoms with Gasteiger partial charge in [0, 0.05) is 49.1 Å². The van der Waals surface area contributed by atoms with Gasteiger partial charge in [-0.05, 0) is 18.2 Å². The molecule has 0 spiro atoms. The highest BCUT2D eigenvalue weighted by molar-refractivity contribution is 5.56. The highest BCUT2D eigenvalue weighted by Gasteiger charge is 2.35. The van der Waals surface area contributed by atoms with Crippen molar-refractivity contribution in [1.29, 1.82) is 0 Å². The predicted molar refractivity (Wildman–Crippen MR) is 94.5 cm³/mol. The van der Waals surface area contributed by atoms with E-state index in [1.165, 1.54) is 10.7 Å². The minimum absolute atomic E-state index is 0.0821. The van der Waals surface area contributed by atoms with Crippen LogP contribution in [0.3, 0.4) is 0 Å². The van der Waals surface area contributed by atoms with Crippen LogP contribution in [-0.4, -0.2) is 37.8 Å². The Kier molecular flexibility index (Phi) is 4.54.